The molecule has 1 saturated heterocycles. The van der Waals surface area contributed by atoms with E-state index in [1.807, 2.05) is 91.0 Å². The molecule has 156 valence electrons. The van der Waals surface area contributed by atoms with Gasteiger partial charge in [0.25, 0.3) is 0 Å². The molecule has 0 radical (unpaired) electrons. The summed E-state index contributed by atoms with van der Waals surface area (Å²) in [7, 11) is 0. The molecular weight excluding hydrogens is 380 g/mol. The minimum atomic E-state index is -1.14. The second kappa shape index (κ2) is 9.08. The number of hydrogen-bond donors (Lipinski definition) is 3. The van der Waals surface area contributed by atoms with Crippen molar-refractivity contribution in [3.63, 3.8) is 0 Å². The van der Waals surface area contributed by atoms with E-state index in [9.17, 15) is 15.3 Å². The van der Waals surface area contributed by atoms with Crippen molar-refractivity contribution < 1.29 is 24.8 Å². The van der Waals surface area contributed by atoms with Crippen LogP contribution < -0.4 is 0 Å². The van der Waals surface area contributed by atoms with Crippen LogP contribution in [-0.2, 0) is 15.1 Å². The summed E-state index contributed by atoms with van der Waals surface area (Å²) in [5.41, 5.74) is 1.82. The molecular formula is C25H26O5. The molecule has 5 nitrogen and oxygen atoms in total. The van der Waals surface area contributed by atoms with E-state index in [2.05, 4.69) is 0 Å². The van der Waals surface area contributed by atoms with Gasteiger partial charge in [-0.2, -0.15) is 0 Å². The molecule has 4 atom stereocenters. The molecule has 1 aliphatic heterocycles. The molecule has 3 aromatic carbocycles. The molecule has 0 saturated carbocycles. The highest BCUT2D eigenvalue weighted by atomic mass is 16.6. The number of benzene rings is 3. The van der Waals surface area contributed by atoms with Crippen LogP contribution in [0.4, 0.5) is 0 Å². The summed E-state index contributed by atoms with van der Waals surface area (Å²) < 4.78 is 12.1. The zero-order valence-electron chi connectivity index (χ0n) is 16.5. The third-order valence-electron chi connectivity index (χ3n) is 5.56. The van der Waals surface area contributed by atoms with Gasteiger partial charge in [0, 0.05) is 6.42 Å². The van der Waals surface area contributed by atoms with Crippen molar-refractivity contribution in [1.29, 1.82) is 0 Å². The van der Waals surface area contributed by atoms with Crippen LogP contribution in [0, 0.1) is 0 Å². The first-order valence-corrected chi connectivity index (χ1v) is 10.1. The molecule has 0 aliphatic carbocycles. The summed E-state index contributed by atoms with van der Waals surface area (Å²) in [5, 5.41) is 30.4. The lowest BCUT2D eigenvalue weighted by Gasteiger charge is -2.40. The van der Waals surface area contributed by atoms with Crippen LogP contribution in [0.2, 0.25) is 0 Å². The van der Waals surface area contributed by atoms with E-state index in [0.29, 0.717) is 0 Å². The molecule has 5 heteroatoms. The molecule has 1 aliphatic rings. The Hall–Kier alpha value is -2.54. The first-order valence-electron chi connectivity index (χ1n) is 10.1. The largest absolute Gasteiger partial charge is 0.390 e. The normalized spacial score (nSPS) is 24.5. The van der Waals surface area contributed by atoms with Gasteiger partial charge in [0.2, 0.25) is 0 Å². The molecule has 3 aromatic rings. The summed E-state index contributed by atoms with van der Waals surface area (Å²) in [5.74, 6) is 0. The van der Waals surface area contributed by atoms with Gasteiger partial charge in [-0.15, -0.1) is 0 Å². The van der Waals surface area contributed by atoms with Crippen LogP contribution in [0.15, 0.2) is 91.0 Å². The average molecular weight is 406 g/mol. The van der Waals surface area contributed by atoms with Crippen molar-refractivity contribution in [2.75, 3.05) is 6.61 Å². The van der Waals surface area contributed by atoms with Gasteiger partial charge >= 0.3 is 0 Å². The molecule has 1 fully saturated rings. The molecule has 4 unspecified atom stereocenters. The summed E-state index contributed by atoms with van der Waals surface area (Å²) in [6, 6.07) is 29.6. The Labute approximate surface area is 176 Å². The van der Waals surface area contributed by atoms with Crippen molar-refractivity contribution in [2.24, 2.45) is 0 Å². The number of hydrogen-bond acceptors (Lipinski definition) is 5. The Kier molecular flexibility index (Phi) is 6.27. The maximum atomic E-state index is 10.4. The van der Waals surface area contributed by atoms with E-state index in [-0.39, 0.29) is 13.0 Å². The summed E-state index contributed by atoms with van der Waals surface area (Å²) >= 11 is 0. The summed E-state index contributed by atoms with van der Waals surface area (Å²) in [4.78, 5) is 0. The molecule has 0 amide bonds. The van der Waals surface area contributed by atoms with Crippen LogP contribution in [0.3, 0.4) is 0 Å². The average Bonchev–Trinajstić information content (AvgIpc) is 2.79. The SMILES string of the molecule is OC1CC(O)C(O)C(COC(c2ccccc2)(c2ccccc2)c2ccccc2)O1. The molecule has 0 bridgehead atoms. The maximum absolute atomic E-state index is 10.4. The van der Waals surface area contributed by atoms with E-state index in [1.165, 1.54) is 0 Å². The number of ether oxygens (including phenoxy) is 2. The second-order valence-corrected chi connectivity index (χ2v) is 7.51. The van der Waals surface area contributed by atoms with Crippen LogP contribution >= 0.6 is 0 Å². The second-order valence-electron chi connectivity index (χ2n) is 7.51. The number of aliphatic hydroxyl groups excluding tert-OH is 3. The van der Waals surface area contributed by atoms with E-state index in [1.54, 1.807) is 0 Å². The Bertz CT molecular complexity index is 819. The fraction of sp³-hybridized carbons (Fsp3) is 0.280. The van der Waals surface area contributed by atoms with Crippen molar-refractivity contribution in [3.8, 4) is 0 Å². The van der Waals surface area contributed by atoms with E-state index >= 15 is 0 Å². The summed E-state index contributed by atoms with van der Waals surface area (Å²) in [6.07, 6.45) is -4.25. The van der Waals surface area contributed by atoms with Crippen molar-refractivity contribution in [1.82, 2.24) is 0 Å². The van der Waals surface area contributed by atoms with Crippen LogP contribution in [0.25, 0.3) is 0 Å². The molecule has 4 rings (SSSR count). The van der Waals surface area contributed by atoms with Gasteiger partial charge < -0.3 is 24.8 Å². The maximum Gasteiger partial charge on any atom is 0.157 e. The molecule has 0 aromatic heterocycles. The fourth-order valence-corrected chi connectivity index (χ4v) is 4.05. The topological polar surface area (TPSA) is 79.2 Å². The minimum Gasteiger partial charge on any atom is -0.390 e. The lowest BCUT2D eigenvalue weighted by atomic mass is 9.80. The van der Waals surface area contributed by atoms with Crippen LogP contribution in [-0.4, -0.2) is 46.5 Å². The van der Waals surface area contributed by atoms with Gasteiger partial charge in [-0.1, -0.05) is 91.0 Å². The third kappa shape index (κ3) is 4.03. The van der Waals surface area contributed by atoms with Crippen molar-refractivity contribution >= 4 is 0 Å². The predicted octanol–water partition coefficient (Wildman–Crippen LogP) is 2.82. The minimum absolute atomic E-state index is 0.0199. The standard InChI is InChI=1S/C25H26O5/c26-21-16-23(27)30-22(24(21)28)17-29-25(18-10-4-1-5-11-18,19-12-6-2-7-13-19)20-14-8-3-9-15-20/h1-15,21-24,26-28H,16-17H2. The first kappa shape index (κ1) is 20.7. The summed E-state index contributed by atoms with van der Waals surface area (Å²) in [6.45, 7) is -0.0199. The Balaban J connectivity index is 1.79. The smallest absolute Gasteiger partial charge is 0.157 e. The molecule has 0 spiro atoms. The predicted molar refractivity (Wildman–Crippen MR) is 113 cm³/mol. The van der Waals surface area contributed by atoms with Crippen LogP contribution in [0.5, 0.6) is 0 Å². The Morgan fingerprint density at radius 1 is 0.733 bits per heavy atom. The fourth-order valence-electron chi connectivity index (χ4n) is 4.05. The lowest BCUT2D eigenvalue weighted by molar-refractivity contribution is -0.248. The van der Waals surface area contributed by atoms with Gasteiger partial charge in [0.1, 0.15) is 17.8 Å². The van der Waals surface area contributed by atoms with Gasteiger partial charge in [-0.25, -0.2) is 0 Å². The highest BCUT2D eigenvalue weighted by Crippen LogP contribution is 2.41. The van der Waals surface area contributed by atoms with Crippen molar-refractivity contribution in [2.45, 2.75) is 36.6 Å². The monoisotopic (exact) mass is 406 g/mol. The quantitative estimate of drug-likeness (QED) is 0.549. The molecule has 3 N–H and O–H groups in total. The van der Waals surface area contributed by atoms with Crippen molar-refractivity contribution in [3.05, 3.63) is 108 Å². The van der Waals surface area contributed by atoms with Gasteiger partial charge in [-0.3, -0.25) is 0 Å². The highest BCUT2D eigenvalue weighted by Gasteiger charge is 2.41. The van der Waals surface area contributed by atoms with Gasteiger partial charge in [0.15, 0.2) is 6.29 Å². The highest BCUT2D eigenvalue weighted by molar-refractivity contribution is 5.47. The lowest BCUT2D eigenvalue weighted by Crippen LogP contribution is -2.51. The van der Waals surface area contributed by atoms with Gasteiger partial charge in [0.05, 0.1) is 12.7 Å². The molecule has 1 heterocycles. The van der Waals surface area contributed by atoms with Crippen LogP contribution in [0.1, 0.15) is 23.1 Å². The third-order valence-corrected chi connectivity index (χ3v) is 5.56. The molecule has 30 heavy (non-hydrogen) atoms. The number of rotatable bonds is 6. The van der Waals surface area contributed by atoms with E-state index in [4.69, 9.17) is 9.47 Å². The first-order chi connectivity index (χ1) is 14.6. The Morgan fingerprint density at radius 3 is 1.60 bits per heavy atom. The zero-order valence-corrected chi connectivity index (χ0v) is 16.5. The Morgan fingerprint density at radius 2 is 1.17 bits per heavy atom. The zero-order chi connectivity index (χ0) is 21.0. The van der Waals surface area contributed by atoms with E-state index < -0.39 is 30.2 Å². The number of aliphatic hydroxyl groups is 3. The van der Waals surface area contributed by atoms with Gasteiger partial charge in [-0.05, 0) is 16.7 Å². The van der Waals surface area contributed by atoms with E-state index in [0.717, 1.165) is 16.7 Å².